The Morgan fingerprint density at radius 3 is 2.45 bits per heavy atom. The molecule has 1 amide bonds. The topological polar surface area (TPSA) is 46.9 Å². The van der Waals surface area contributed by atoms with Crippen LogP contribution in [0.2, 0.25) is 0 Å². The number of aromatic nitrogens is 2. The minimum atomic E-state index is -0.124. The lowest BCUT2D eigenvalue weighted by molar-refractivity contribution is 0.0930. The van der Waals surface area contributed by atoms with Crippen LogP contribution < -0.4 is 5.32 Å². The first-order valence-electron chi connectivity index (χ1n) is 6.89. The molecule has 0 aliphatic heterocycles. The molecule has 1 aromatic carbocycles. The van der Waals surface area contributed by atoms with E-state index < -0.39 is 0 Å². The molecule has 4 nitrogen and oxygen atoms in total. The van der Waals surface area contributed by atoms with E-state index in [9.17, 15) is 4.79 Å². The van der Waals surface area contributed by atoms with Crippen LogP contribution in [-0.2, 0) is 7.05 Å². The molecule has 1 aromatic heterocycles. The van der Waals surface area contributed by atoms with Crippen LogP contribution in [0.4, 0.5) is 0 Å². The van der Waals surface area contributed by atoms with Crippen molar-refractivity contribution in [2.45, 2.75) is 33.2 Å². The van der Waals surface area contributed by atoms with E-state index in [0.29, 0.717) is 5.69 Å². The first kappa shape index (κ1) is 14.3. The van der Waals surface area contributed by atoms with E-state index in [4.69, 9.17) is 0 Å². The van der Waals surface area contributed by atoms with E-state index in [0.717, 1.165) is 17.7 Å². The van der Waals surface area contributed by atoms with Gasteiger partial charge >= 0.3 is 0 Å². The molecule has 0 aliphatic carbocycles. The lowest BCUT2D eigenvalue weighted by Crippen LogP contribution is -2.28. The SMILES string of the molecule is CCC(NC(=O)c1cc(C)n(C)n1)c1ccc(C)cc1. The van der Waals surface area contributed by atoms with E-state index in [1.165, 1.54) is 5.56 Å². The molecular formula is C16H21N3O. The number of benzene rings is 1. The predicted octanol–water partition coefficient (Wildman–Crippen LogP) is 2.92. The lowest BCUT2D eigenvalue weighted by atomic mass is 10.0. The molecular weight excluding hydrogens is 250 g/mol. The Balaban J connectivity index is 2.13. The van der Waals surface area contributed by atoms with Crippen molar-refractivity contribution in [2.24, 2.45) is 7.05 Å². The van der Waals surface area contributed by atoms with Gasteiger partial charge in [-0.3, -0.25) is 9.48 Å². The molecule has 0 bridgehead atoms. The lowest BCUT2D eigenvalue weighted by Gasteiger charge is -2.17. The minimum Gasteiger partial charge on any atom is -0.344 e. The maximum absolute atomic E-state index is 12.2. The largest absolute Gasteiger partial charge is 0.344 e. The quantitative estimate of drug-likeness (QED) is 0.929. The van der Waals surface area contributed by atoms with Crippen LogP contribution in [0, 0.1) is 13.8 Å². The van der Waals surface area contributed by atoms with Gasteiger partial charge in [0.25, 0.3) is 5.91 Å². The molecule has 2 aromatic rings. The highest BCUT2D eigenvalue weighted by Crippen LogP contribution is 2.17. The van der Waals surface area contributed by atoms with Crippen molar-refractivity contribution >= 4 is 5.91 Å². The van der Waals surface area contributed by atoms with Gasteiger partial charge in [0.2, 0.25) is 0 Å². The number of carbonyl (C=O) groups is 1. The molecule has 1 unspecified atom stereocenters. The number of hydrogen-bond donors (Lipinski definition) is 1. The average Bonchev–Trinajstić information content (AvgIpc) is 2.77. The Morgan fingerprint density at radius 1 is 1.30 bits per heavy atom. The third kappa shape index (κ3) is 3.07. The van der Waals surface area contributed by atoms with Crippen molar-refractivity contribution in [3.05, 3.63) is 52.8 Å². The third-order valence-corrected chi connectivity index (χ3v) is 3.54. The van der Waals surface area contributed by atoms with Crippen LogP contribution >= 0.6 is 0 Å². The van der Waals surface area contributed by atoms with E-state index in [2.05, 4.69) is 48.5 Å². The summed E-state index contributed by atoms with van der Waals surface area (Å²) in [5.74, 6) is -0.124. The van der Waals surface area contributed by atoms with Crippen LogP contribution in [0.15, 0.2) is 30.3 Å². The Bertz CT molecular complexity index is 579. The van der Waals surface area contributed by atoms with E-state index in [1.807, 2.05) is 14.0 Å². The second-order valence-corrected chi connectivity index (χ2v) is 5.14. The fraction of sp³-hybridized carbons (Fsp3) is 0.375. The van der Waals surface area contributed by atoms with Crippen LogP contribution in [0.3, 0.4) is 0 Å². The Labute approximate surface area is 119 Å². The van der Waals surface area contributed by atoms with Gasteiger partial charge in [-0.25, -0.2) is 0 Å². The van der Waals surface area contributed by atoms with Gasteiger partial charge < -0.3 is 5.32 Å². The molecule has 1 atom stereocenters. The molecule has 0 saturated carbocycles. The molecule has 4 heteroatoms. The van der Waals surface area contributed by atoms with Crippen molar-refractivity contribution in [2.75, 3.05) is 0 Å². The first-order valence-corrected chi connectivity index (χ1v) is 6.89. The monoisotopic (exact) mass is 271 g/mol. The number of amides is 1. The number of aryl methyl sites for hydroxylation is 3. The average molecular weight is 271 g/mol. The second kappa shape index (κ2) is 5.90. The van der Waals surface area contributed by atoms with Gasteiger partial charge in [0, 0.05) is 12.7 Å². The van der Waals surface area contributed by atoms with E-state index in [-0.39, 0.29) is 11.9 Å². The zero-order valence-electron chi connectivity index (χ0n) is 12.5. The zero-order valence-corrected chi connectivity index (χ0v) is 12.5. The highest BCUT2D eigenvalue weighted by atomic mass is 16.2. The Hall–Kier alpha value is -2.10. The fourth-order valence-corrected chi connectivity index (χ4v) is 2.12. The molecule has 0 aliphatic rings. The van der Waals surface area contributed by atoms with Crippen molar-refractivity contribution in [1.82, 2.24) is 15.1 Å². The Morgan fingerprint density at radius 2 is 1.95 bits per heavy atom. The van der Waals surface area contributed by atoms with Gasteiger partial charge in [0.1, 0.15) is 5.69 Å². The van der Waals surface area contributed by atoms with Crippen LogP contribution in [0.5, 0.6) is 0 Å². The summed E-state index contributed by atoms with van der Waals surface area (Å²) in [6.07, 6.45) is 0.848. The number of hydrogen-bond acceptors (Lipinski definition) is 2. The summed E-state index contributed by atoms with van der Waals surface area (Å²) in [7, 11) is 1.84. The maximum atomic E-state index is 12.2. The van der Waals surface area contributed by atoms with Gasteiger partial charge in [0.15, 0.2) is 0 Å². The van der Waals surface area contributed by atoms with Crippen molar-refractivity contribution in [3.8, 4) is 0 Å². The summed E-state index contributed by atoms with van der Waals surface area (Å²) in [6.45, 7) is 6.05. The van der Waals surface area contributed by atoms with Crippen molar-refractivity contribution in [3.63, 3.8) is 0 Å². The summed E-state index contributed by atoms with van der Waals surface area (Å²) >= 11 is 0. The summed E-state index contributed by atoms with van der Waals surface area (Å²) in [5, 5.41) is 7.25. The molecule has 0 spiro atoms. The summed E-state index contributed by atoms with van der Waals surface area (Å²) in [5.41, 5.74) is 3.78. The molecule has 20 heavy (non-hydrogen) atoms. The Kier molecular flexibility index (Phi) is 4.23. The van der Waals surface area contributed by atoms with Crippen LogP contribution in [-0.4, -0.2) is 15.7 Å². The van der Waals surface area contributed by atoms with Crippen molar-refractivity contribution in [1.29, 1.82) is 0 Å². The molecule has 0 radical (unpaired) electrons. The molecule has 1 N–H and O–H groups in total. The fourth-order valence-electron chi connectivity index (χ4n) is 2.12. The summed E-state index contributed by atoms with van der Waals surface area (Å²) in [6, 6.07) is 10.1. The zero-order chi connectivity index (χ0) is 14.7. The standard InChI is InChI=1S/C16H21N3O/c1-5-14(13-8-6-11(2)7-9-13)17-16(20)15-10-12(3)19(4)18-15/h6-10,14H,5H2,1-4H3,(H,17,20). The van der Waals surface area contributed by atoms with Gasteiger partial charge in [-0.1, -0.05) is 36.8 Å². The molecule has 0 saturated heterocycles. The minimum absolute atomic E-state index is 0.0189. The van der Waals surface area contributed by atoms with E-state index in [1.54, 1.807) is 10.7 Å². The highest BCUT2D eigenvalue weighted by molar-refractivity contribution is 5.92. The van der Waals surface area contributed by atoms with Gasteiger partial charge in [-0.15, -0.1) is 0 Å². The molecule has 106 valence electrons. The number of nitrogens with one attached hydrogen (secondary N) is 1. The maximum Gasteiger partial charge on any atom is 0.272 e. The second-order valence-electron chi connectivity index (χ2n) is 5.14. The van der Waals surface area contributed by atoms with Gasteiger partial charge in [-0.05, 0) is 31.9 Å². The summed E-state index contributed by atoms with van der Waals surface area (Å²) < 4.78 is 1.71. The predicted molar refractivity (Wildman–Crippen MR) is 79.6 cm³/mol. The highest BCUT2D eigenvalue weighted by Gasteiger charge is 2.16. The summed E-state index contributed by atoms with van der Waals surface area (Å²) in [4.78, 5) is 12.2. The number of nitrogens with zero attached hydrogens (tertiary/aromatic N) is 2. The van der Waals surface area contributed by atoms with E-state index >= 15 is 0 Å². The first-order chi connectivity index (χ1) is 9.51. The third-order valence-electron chi connectivity index (χ3n) is 3.54. The van der Waals surface area contributed by atoms with Crippen molar-refractivity contribution < 1.29 is 4.79 Å². The van der Waals surface area contributed by atoms with Gasteiger partial charge in [-0.2, -0.15) is 5.10 Å². The van der Waals surface area contributed by atoms with Crippen LogP contribution in [0.1, 0.15) is 46.7 Å². The molecule has 2 rings (SSSR count). The number of carbonyl (C=O) groups excluding carboxylic acids is 1. The number of rotatable bonds is 4. The van der Waals surface area contributed by atoms with Gasteiger partial charge in [0.05, 0.1) is 6.04 Å². The molecule has 1 heterocycles. The van der Waals surface area contributed by atoms with Crippen LogP contribution in [0.25, 0.3) is 0 Å². The normalized spacial score (nSPS) is 12.2. The smallest absolute Gasteiger partial charge is 0.272 e. The molecule has 0 fully saturated rings.